The van der Waals surface area contributed by atoms with Crippen molar-refractivity contribution in [1.82, 2.24) is 15.5 Å². The number of hydrogen-bond donors (Lipinski definition) is 2. The van der Waals surface area contributed by atoms with Crippen LogP contribution in [0.5, 0.6) is 0 Å². The molecule has 1 fully saturated rings. The molecule has 0 radical (unpaired) electrons. The molecule has 4 rings (SSSR count). The molecule has 6 heteroatoms. The number of nitrogens with zero attached hydrogens (tertiary/aromatic N) is 1. The lowest BCUT2D eigenvalue weighted by Crippen LogP contribution is -2.47. The van der Waals surface area contributed by atoms with Crippen molar-refractivity contribution in [2.75, 3.05) is 6.54 Å². The van der Waals surface area contributed by atoms with Gasteiger partial charge in [-0.2, -0.15) is 0 Å². The third kappa shape index (κ3) is 3.05. The molecule has 0 unspecified atom stereocenters. The number of rotatable bonds is 4. The van der Waals surface area contributed by atoms with Crippen molar-refractivity contribution in [3.8, 4) is 0 Å². The van der Waals surface area contributed by atoms with E-state index in [2.05, 4.69) is 10.6 Å². The lowest BCUT2D eigenvalue weighted by atomic mass is 9.76. The van der Waals surface area contributed by atoms with Crippen LogP contribution in [0.1, 0.15) is 35.1 Å². The van der Waals surface area contributed by atoms with E-state index in [1.807, 2.05) is 55.5 Å². The zero-order valence-electron chi connectivity index (χ0n) is 15.8. The average molecular weight is 377 g/mol. The fraction of sp³-hybridized carbons (Fsp3) is 0.318. The largest absolute Gasteiger partial charge is 0.350 e. The Morgan fingerprint density at radius 2 is 1.89 bits per heavy atom. The molecule has 0 bridgehead atoms. The van der Waals surface area contributed by atoms with Gasteiger partial charge in [-0.3, -0.25) is 14.5 Å². The van der Waals surface area contributed by atoms with Gasteiger partial charge in [-0.15, -0.1) is 0 Å². The van der Waals surface area contributed by atoms with E-state index in [1.54, 1.807) is 0 Å². The van der Waals surface area contributed by atoms with Gasteiger partial charge >= 0.3 is 6.03 Å². The highest BCUT2D eigenvalue weighted by Gasteiger charge is 2.54. The molecule has 2 N–H and O–H groups in total. The van der Waals surface area contributed by atoms with Gasteiger partial charge in [-0.25, -0.2) is 4.79 Å². The number of fused-ring (bicyclic) bond motifs is 2. The molecule has 1 aliphatic heterocycles. The molecular formula is C22H23N3O3. The molecule has 1 spiro atoms. The first-order chi connectivity index (χ1) is 13.5. The van der Waals surface area contributed by atoms with Gasteiger partial charge in [0.05, 0.1) is 0 Å². The number of imide groups is 1. The third-order valence-electron chi connectivity index (χ3n) is 5.69. The first-order valence-corrected chi connectivity index (χ1v) is 9.55. The summed E-state index contributed by atoms with van der Waals surface area (Å²) in [5.41, 5.74) is 2.97. The molecule has 1 heterocycles. The Hall–Kier alpha value is -3.15. The van der Waals surface area contributed by atoms with Crippen LogP contribution < -0.4 is 10.6 Å². The van der Waals surface area contributed by atoms with E-state index in [1.165, 1.54) is 0 Å². The number of amides is 4. The molecule has 6 nitrogen and oxygen atoms in total. The number of hydrogen-bond acceptors (Lipinski definition) is 3. The van der Waals surface area contributed by atoms with Gasteiger partial charge in [0, 0.05) is 6.54 Å². The Balaban J connectivity index is 1.48. The summed E-state index contributed by atoms with van der Waals surface area (Å²) in [5.74, 6) is -0.691. The van der Waals surface area contributed by atoms with Crippen LogP contribution in [0, 0.1) is 6.92 Å². The van der Waals surface area contributed by atoms with Gasteiger partial charge in [0.2, 0.25) is 5.91 Å². The van der Waals surface area contributed by atoms with Crippen LogP contribution in [0.25, 0.3) is 0 Å². The summed E-state index contributed by atoms with van der Waals surface area (Å²) in [5, 5.41) is 5.68. The zero-order valence-corrected chi connectivity index (χ0v) is 15.8. The highest BCUT2D eigenvalue weighted by Crippen LogP contribution is 2.39. The van der Waals surface area contributed by atoms with Gasteiger partial charge in [0.1, 0.15) is 12.1 Å². The fourth-order valence-electron chi connectivity index (χ4n) is 4.16. The van der Waals surface area contributed by atoms with Crippen LogP contribution >= 0.6 is 0 Å². The molecule has 2 aromatic carbocycles. The summed E-state index contributed by atoms with van der Waals surface area (Å²) in [6.07, 6.45) is 2.25. The van der Waals surface area contributed by atoms with Gasteiger partial charge in [0.25, 0.3) is 5.91 Å². The van der Waals surface area contributed by atoms with Crippen molar-refractivity contribution in [3.05, 3.63) is 70.8 Å². The number of benzene rings is 2. The molecule has 2 aliphatic rings. The lowest BCUT2D eigenvalue weighted by molar-refractivity contribution is -0.135. The predicted molar refractivity (Wildman–Crippen MR) is 104 cm³/mol. The van der Waals surface area contributed by atoms with Crippen LogP contribution in [0.4, 0.5) is 4.79 Å². The second kappa shape index (κ2) is 7.11. The van der Waals surface area contributed by atoms with Crippen molar-refractivity contribution in [2.45, 2.75) is 38.3 Å². The monoisotopic (exact) mass is 377 g/mol. The van der Waals surface area contributed by atoms with Crippen LogP contribution in [-0.2, 0) is 28.1 Å². The van der Waals surface area contributed by atoms with E-state index in [4.69, 9.17) is 0 Å². The molecule has 144 valence electrons. The Morgan fingerprint density at radius 1 is 1.14 bits per heavy atom. The quantitative estimate of drug-likeness (QED) is 0.803. The first-order valence-electron chi connectivity index (χ1n) is 9.55. The number of aryl methyl sites for hydroxylation is 2. The molecule has 1 aliphatic carbocycles. The summed E-state index contributed by atoms with van der Waals surface area (Å²) < 4.78 is 0. The maximum absolute atomic E-state index is 13.2. The molecular weight excluding hydrogens is 354 g/mol. The summed E-state index contributed by atoms with van der Waals surface area (Å²) in [6.45, 7) is 2.06. The van der Waals surface area contributed by atoms with Crippen LogP contribution in [-0.4, -0.2) is 29.3 Å². The first kappa shape index (κ1) is 18.2. The van der Waals surface area contributed by atoms with Crippen LogP contribution in [0.3, 0.4) is 0 Å². The van der Waals surface area contributed by atoms with Crippen molar-refractivity contribution >= 4 is 17.8 Å². The minimum atomic E-state index is -1.04. The smallest absolute Gasteiger partial charge is 0.325 e. The Morgan fingerprint density at radius 3 is 2.71 bits per heavy atom. The Bertz CT molecular complexity index is 956. The maximum atomic E-state index is 13.2. The van der Waals surface area contributed by atoms with E-state index >= 15 is 0 Å². The normalized spacial score (nSPS) is 20.8. The molecule has 4 amide bonds. The molecule has 28 heavy (non-hydrogen) atoms. The molecule has 0 saturated carbocycles. The fourth-order valence-corrected chi connectivity index (χ4v) is 4.16. The maximum Gasteiger partial charge on any atom is 0.325 e. The highest BCUT2D eigenvalue weighted by atomic mass is 16.2. The zero-order chi connectivity index (χ0) is 19.7. The summed E-state index contributed by atoms with van der Waals surface area (Å²) >= 11 is 0. The predicted octanol–water partition coefficient (Wildman–Crippen LogP) is 2.39. The van der Waals surface area contributed by atoms with E-state index < -0.39 is 11.6 Å². The van der Waals surface area contributed by atoms with Crippen molar-refractivity contribution in [2.24, 2.45) is 0 Å². The molecule has 1 saturated heterocycles. The lowest BCUT2D eigenvalue weighted by Gasteiger charge is -2.33. The Kier molecular flexibility index (Phi) is 4.63. The Labute approximate surface area is 163 Å². The van der Waals surface area contributed by atoms with Gasteiger partial charge < -0.3 is 10.6 Å². The molecule has 2 aromatic rings. The SMILES string of the molecule is Cc1ccccc1CNC(=O)CN1C(=O)N[C@@]2(CCCc3ccccc32)C1=O. The topological polar surface area (TPSA) is 78.5 Å². The van der Waals surface area contributed by atoms with Gasteiger partial charge in [0.15, 0.2) is 0 Å². The van der Waals surface area contributed by atoms with E-state index in [0.29, 0.717) is 13.0 Å². The van der Waals surface area contributed by atoms with Crippen LogP contribution in [0.2, 0.25) is 0 Å². The third-order valence-corrected chi connectivity index (χ3v) is 5.69. The molecule has 1 atom stereocenters. The van der Waals surface area contributed by atoms with Crippen molar-refractivity contribution in [3.63, 3.8) is 0 Å². The van der Waals surface area contributed by atoms with Crippen molar-refractivity contribution in [1.29, 1.82) is 0 Å². The van der Waals surface area contributed by atoms with E-state index in [9.17, 15) is 14.4 Å². The minimum absolute atomic E-state index is 0.277. The standard InChI is InChI=1S/C22H23N3O3/c1-15-7-2-3-9-17(15)13-23-19(26)14-25-20(27)22(24-21(25)28)12-6-10-16-8-4-5-11-18(16)22/h2-5,7-9,11H,6,10,12-14H2,1H3,(H,23,26)(H,24,28)/t22-/m1/s1. The van der Waals surface area contributed by atoms with E-state index in [0.717, 1.165) is 40.0 Å². The summed E-state index contributed by atoms with van der Waals surface area (Å²) in [6, 6.07) is 15.0. The average Bonchev–Trinajstić information content (AvgIpc) is 2.92. The molecule has 0 aromatic heterocycles. The summed E-state index contributed by atoms with van der Waals surface area (Å²) in [4.78, 5) is 39.2. The van der Waals surface area contributed by atoms with Gasteiger partial charge in [-0.05, 0) is 48.4 Å². The second-order valence-corrected chi connectivity index (χ2v) is 7.44. The van der Waals surface area contributed by atoms with Gasteiger partial charge in [-0.1, -0.05) is 48.5 Å². The van der Waals surface area contributed by atoms with Crippen molar-refractivity contribution < 1.29 is 14.4 Å². The number of urea groups is 1. The number of carbonyl (C=O) groups excluding carboxylic acids is 3. The summed E-state index contributed by atoms with van der Waals surface area (Å²) in [7, 11) is 0. The highest BCUT2D eigenvalue weighted by molar-refractivity contribution is 6.09. The second-order valence-electron chi connectivity index (χ2n) is 7.44. The number of carbonyl (C=O) groups is 3. The number of nitrogens with one attached hydrogen (secondary N) is 2. The minimum Gasteiger partial charge on any atom is -0.350 e. The van der Waals surface area contributed by atoms with E-state index in [-0.39, 0.29) is 18.4 Å². The van der Waals surface area contributed by atoms with Crippen LogP contribution in [0.15, 0.2) is 48.5 Å².